The lowest BCUT2D eigenvalue weighted by Gasteiger charge is -2.28. The van der Waals surface area contributed by atoms with Crippen molar-refractivity contribution < 1.29 is 24.5 Å². The zero-order valence-corrected chi connectivity index (χ0v) is 19.4. The fourth-order valence-electron chi connectivity index (χ4n) is 3.94. The Morgan fingerprint density at radius 3 is 2.75 bits per heavy atom. The number of anilines is 2. The van der Waals surface area contributed by atoms with Crippen LogP contribution in [0.5, 0.6) is 5.75 Å². The number of rotatable bonds is 8. The summed E-state index contributed by atoms with van der Waals surface area (Å²) >= 11 is 0. The molecular formula is C25H26N6O5. The van der Waals surface area contributed by atoms with E-state index in [1.165, 1.54) is 4.52 Å². The molecule has 36 heavy (non-hydrogen) atoms. The average molecular weight is 491 g/mol. The van der Waals surface area contributed by atoms with Gasteiger partial charge in [0.1, 0.15) is 35.8 Å². The highest BCUT2D eigenvalue weighted by Crippen LogP contribution is 2.32. The lowest BCUT2D eigenvalue weighted by atomic mass is 10.1. The van der Waals surface area contributed by atoms with E-state index in [9.17, 15) is 9.90 Å². The van der Waals surface area contributed by atoms with Gasteiger partial charge in [-0.1, -0.05) is 18.2 Å². The molecule has 1 atom stereocenters. The summed E-state index contributed by atoms with van der Waals surface area (Å²) in [6.07, 6.45) is 0.542. The maximum absolute atomic E-state index is 13.6. The first-order valence-corrected chi connectivity index (χ1v) is 11.6. The zero-order chi connectivity index (χ0) is 24.9. The number of hydrogen-bond donors (Lipinski definition) is 3. The molecule has 3 aromatic heterocycles. The van der Waals surface area contributed by atoms with Crippen molar-refractivity contribution in [3.63, 3.8) is 0 Å². The van der Waals surface area contributed by atoms with Crippen molar-refractivity contribution in [3.8, 4) is 17.0 Å². The van der Waals surface area contributed by atoms with Gasteiger partial charge in [0.15, 0.2) is 11.3 Å². The first-order valence-electron chi connectivity index (χ1n) is 11.6. The van der Waals surface area contributed by atoms with Crippen LogP contribution in [0.25, 0.3) is 16.9 Å². The molecule has 0 bridgehead atoms. The van der Waals surface area contributed by atoms with Gasteiger partial charge in [0.25, 0.3) is 5.91 Å². The molecule has 1 aliphatic heterocycles. The third-order valence-corrected chi connectivity index (χ3v) is 5.70. The summed E-state index contributed by atoms with van der Waals surface area (Å²) in [6, 6.07) is 16.0. The largest absolute Gasteiger partial charge is 0.490 e. The van der Waals surface area contributed by atoms with E-state index >= 15 is 0 Å². The number of pyridine rings is 1. The summed E-state index contributed by atoms with van der Waals surface area (Å²) < 4.78 is 12.6. The number of amides is 1. The fraction of sp³-hybridized carbons (Fsp3) is 0.280. The number of carbonyl (C=O) groups is 1. The van der Waals surface area contributed by atoms with Crippen LogP contribution in [0.15, 0.2) is 60.8 Å². The Labute approximate surface area is 206 Å². The number of aliphatic hydroxyl groups excluding tert-OH is 2. The van der Waals surface area contributed by atoms with Crippen molar-refractivity contribution in [1.29, 1.82) is 0 Å². The number of morpholine rings is 1. The predicted octanol–water partition coefficient (Wildman–Crippen LogP) is 1.61. The normalized spacial score (nSPS) is 14.6. The van der Waals surface area contributed by atoms with Gasteiger partial charge >= 0.3 is 0 Å². The number of benzene rings is 1. The monoisotopic (exact) mass is 490 g/mol. The lowest BCUT2D eigenvalue weighted by molar-refractivity contribution is 0.0538. The molecule has 0 radical (unpaired) electrons. The van der Waals surface area contributed by atoms with Gasteiger partial charge in [0, 0.05) is 24.8 Å². The molecule has 4 heterocycles. The van der Waals surface area contributed by atoms with Crippen LogP contribution in [0.2, 0.25) is 0 Å². The molecule has 186 valence electrons. The summed E-state index contributed by atoms with van der Waals surface area (Å²) in [4.78, 5) is 25.0. The highest BCUT2D eigenvalue weighted by molar-refractivity contribution is 6.07. The van der Waals surface area contributed by atoms with E-state index < -0.39 is 18.6 Å². The molecule has 11 nitrogen and oxygen atoms in total. The second-order valence-electron chi connectivity index (χ2n) is 8.18. The van der Waals surface area contributed by atoms with Gasteiger partial charge in [-0.25, -0.2) is 14.5 Å². The third kappa shape index (κ3) is 4.98. The highest BCUT2D eigenvalue weighted by atomic mass is 16.5. The fourth-order valence-corrected chi connectivity index (χ4v) is 3.94. The standard InChI is InChI=1S/C25H26N6O5/c32-15-17(33)16-36-19-6-2-1-5-18(19)23-24(31-22(29-23)9-4-10-26-31)25(34)28-20-7-3-8-21(27-20)30-11-13-35-14-12-30/h1-10,17,32-33H,11-16H2,(H,27,28,34). The van der Waals surface area contributed by atoms with Crippen LogP contribution in [-0.2, 0) is 4.74 Å². The van der Waals surface area contributed by atoms with Crippen molar-refractivity contribution in [1.82, 2.24) is 19.6 Å². The van der Waals surface area contributed by atoms with Gasteiger partial charge in [-0.3, -0.25) is 4.79 Å². The smallest absolute Gasteiger partial charge is 0.277 e. The minimum atomic E-state index is -1.03. The van der Waals surface area contributed by atoms with E-state index in [4.69, 9.17) is 14.6 Å². The highest BCUT2D eigenvalue weighted by Gasteiger charge is 2.24. The molecule has 0 spiro atoms. The number of ether oxygens (including phenoxy) is 2. The molecule has 1 amide bonds. The predicted molar refractivity (Wildman–Crippen MR) is 132 cm³/mol. The Hall–Kier alpha value is -4.06. The molecule has 0 aliphatic carbocycles. The maximum Gasteiger partial charge on any atom is 0.277 e. The van der Waals surface area contributed by atoms with Crippen molar-refractivity contribution in [2.24, 2.45) is 0 Å². The molecule has 5 rings (SSSR count). The Balaban J connectivity index is 1.49. The topological polar surface area (TPSA) is 134 Å². The Morgan fingerprint density at radius 1 is 1.08 bits per heavy atom. The SMILES string of the molecule is O=C(Nc1cccc(N2CCOCC2)n1)c1c(-c2ccccc2OCC(O)CO)nc2cccnn12. The summed E-state index contributed by atoms with van der Waals surface area (Å²) in [7, 11) is 0. The van der Waals surface area contributed by atoms with Gasteiger partial charge < -0.3 is 29.9 Å². The van der Waals surface area contributed by atoms with E-state index in [1.54, 1.807) is 48.7 Å². The van der Waals surface area contributed by atoms with E-state index in [0.717, 1.165) is 18.9 Å². The summed E-state index contributed by atoms with van der Waals surface area (Å²) in [6.45, 7) is 2.18. The molecular weight excluding hydrogens is 464 g/mol. The molecule has 1 saturated heterocycles. The zero-order valence-electron chi connectivity index (χ0n) is 19.4. The van der Waals surface area contributed by atoms with Crippen LogP contribution in [0.3, 0.4) is 0 Å². The number of carbonyl (C=O) groups excluding carboxylic acids is 1. The van der Waals surface area contributed by atoms with Crippen molar-refractivity contribution in [2.45, 2.75) is 6.10 Å². The van der Waals surface area contributed by atoms with E-state index in [-0.39, 0.29) is 12.3 Å². The summed E-state index contributed by atoms with van der Waals surface area (Å²) in [5.74, 6) is 1.13. The minimum Gasteiger partial charge on any atom is -0.490 e. The van der Waals surface area contributed by atoms with Crippen LogP contribution in [0.1, 0.15) is 10.5 Å². The Morgan fingerprint density at radius 2 is 1.92 bits per heavy atom. The second kappa shape index (κ2) is 10.7. The summed E-state index contributed by atoms with van der Waals surface area (Å²) in [5, 5.41) is 26.1. The van der Waals surface area contributed by atoms with Gasteiger partial charge in [-0.2, -0.15) is 5.10 Å². The maximum atomic E-state index is 13.6. The number of aliphatic hydroxyl groups is 2. The first-order chi connectivity index (χ1) is 17.6. The number of para-hydroxylation sites is 1. The number of fused-ring (bicyclic) bond motifs is 1. The van der Waals surface area contributed by atoms with Crippen LogP contribution in [0.4, 0.5) is 11.6 Å². The molecule has 0 saturated carbocycles. The lowest BCUT2D eigenvalue weighted by Crippen LogP contribution is -2.36. The molecule has 4 aromatic rings. The average Bonchev–Trinajstić information content (AvgIpc) is 3.32. The number of hydrogen-bond acceptors (Lipinski definition) is 9. The molecule has 1 unspecified atom stereocenters. The molecule has 1 fully saturated rings. The summed E-state index contributed by atoms with van der Waals surface area (Å²) in [5.41, 5.74) is 1.61. The van der Waals surface area contributed by atoms with Crippen molar-refractivity contribution in [3.05, 3.63) is 66.5 Å². The van der Waals surface area contributed by atoms with Crippen LogP contribution in [-0.4, -0.2) is 81.3 Å². The van der Waals surface area contributed by atoms with Crippen LogP contribution >= 0.6 is 0 Å². The van der Waals surface area contributed by atoms with Crippen LogP contribution < -0.4 is 15.0 Å². The Kier molecular flexibility index (Phi) is 7.03. The Bertz CT molecular complexity index is 1350. The van der Waals surface area contributed by atoms with Gasteiger partial charge in [-0.15, -0.1) is 0 Å². The second-order valence-corrected chi connectivity index (χ2v) is 8.18. The molecule has 11 heteroatoms. The van der Waals surface area contributed by atoms with Crippen molar-refractivity contribution in [2.75, 3.05) is 49.7 Å². The molecule has 1 aliphatic rings. The molecule has 3 N–H and O–H groups in total. The number of nitrogens with zero attached hydrogens (tertiary/aromatic N) is 5. The van der Waals surface area contributed by atoms with Gasteiger partial charge in [-0.05, 0) is 36.4 Å². The third-order valence-electron chi connectivity index (χ3n) is 5.70. The van der Waals surface area contributed by atoms with E-state index in [0.29, 0.717) is 41.7 Å². The van der Waals surface area contributed by atoms with Gasteiger partial charge in [0.2, 0.25) is 0 Å². The number of nitrogens with one attached hydrogen (secondary N) is 1. The first kappa shape index (κ1) is 23.7. The van der Waals surface area contributed by atoms with E-state index in [2.05, 4.69) is 25.3 Å². The molecule has 1 aromatic carbocycles. The minimum absolute atomic E-state index is 0.112. The number of aromatic nitrogens is 4. The quantitative estimate of drug-likeness (QED) is 0.337. The van der Waals surface area contributed by atoms with Gasteiger partial charge in [0.05, 0.1) is 19.8 Å². The van der Waals surface area contributed by atoms with E-state index in [1.807, 2.05) is 12.1 Å². The van der Waals surface area contributed by atoms with Crippen molar-refractivity contribution >= 4 is 23.2 Å². The number of imidazole rings is 1. The van der Waals surface area contributed by atoms with Crippen LogP contribution in [0, 0.1) is 0 Å².